The van der Waals surface area contributed by atoms with E-state index in [1.165, 1.54) is 0 Å². The Kier molecular flexibility index (Phi) is 3.66. The summed E-state index contributed by atoms with van der Waals surface area (Å²) in [7, 11) is 1.56. The monoisotopic (exact) mass is 259 g/mol. The summed E-state index contributed by atoms with van der Waals surface area (Å²) < 4.78 is 4.97. The molecule has 1 aromatic carbocycles. The van der Waals surface area contributed by atoms with E-state index in [0.717, 1.165) is 5.69 Å². The first kappa shape index (κ1) is 12.2. The molecule has 0 saturated carbocycles. The second-order valence-electron chi connectivity index (χ2n) is 3.49. The van der Waals surface area contributed by atoms with Gasteiger partial charge < -0.3 is 10.1 Å². The summed E-state index contributed by atoms with van der Waals surface area (Å²) in [6.45, 7) is 0. The highest BCUT2D eigenvalue weighted by Gasteiger charge is 2.06. The Morgan fingerprint density at radius 3 is 2.78 bits per heavy atom. The zero-order valence-electron chi connectivity index (χ0n) is 9.64. The van der Waals surface area contributed by atoms with Crippen LogP contribution in [-0.2, 0) is 0 Å². The summed E-state index contributed by atoms with van der Waals surface area (Å²) >= 11 is 5.95. The fourth-order valence-electron chi connectivity index (χ4n) is 1.47. The smallest absolute Gasteiger partial charge is 0.213 e. The summed E-state index contributed by atoms with van der Waals surface area (Å²) in [4.78, 5) is 4.07. The largest absolute Gasteiger partial charge is 0.481 e. The third-order valence-electron chi connectivity index (χ3n) is 2.35. The van der Waals surface area contributed by atoms with Crippen LogP contribution in [0.3, 0.4) is 0 Å². The number of hydrogen-bond donors (Lipinski definition) is 1. The molecule has 0 saturated heterocycles. The number of ether oxygens (including phenoxy) is 1. The van der Waals surface area contributed by atoms with E-state index < -0.39 is 0 Å². The molecule has 0 aliphatic carbocycles. The SMILES string of the molecule is COc1ccc(Nc2cccc(Cl)c2C#N)cn1. The number of aromatic nitrogens is 1. The van der Waals surface area contributed by atoms with E-state index in [2.05, 4.69) is 16.4 Å². The molecule has 1 aromatic heterocycles. The Morgan fingerprint density at radius 2 is 2.17 bits per heavy atom. The molecule has 4 nitrogen and oxygen atoms in total. The Labute approximate surface area is 110 Å². The maximum absolute atomic E-state index is 9.05. The third kappa shape index (κ3) is 2.53. The van der Waals surface area contributed by atoms with E-state index in [1.54, 1.807) is 37.6 Å². The highest BCUT2D eigenvalue weighted by Crippen LogP contribution is 2.26. The van der Waals surface area contributed by atoms with Crippen LogP contribution in [0.25, 0.3) is 0 Å². The lowest BCUT2D eigenvalue weighted by Crippen LogP contribution is -1.95. The molecule has 5 heteroatoms. The lowest BCUT2D eigenvalue weighted by molar-refractivity contribution is 0.398. The van der Waals surface area contributed by atoms with Crippen LogP contribution in [0.15, 0.2) is 36.5 Å². The zero-order chi connectivity index (χ0) is 13.0. The molecule has 0 amide bonds. The molecule has 0 aliphatic heterocycles. The van der Waals surface area contributed by atoms with Crippen LogP contribution < -0.4 is 10.1 Å². The van der Waals surface area contributed by atoms with Crippen LogP contribution in [0.5, 0.6) is 5.88 Å². The van der Waals surface area contributed by atoms with Gasteiger partial charge in [-0.1, -0.05) is 17.7 Å². The summed E-state index contributed by atoms with van der Waals surface area (Å²) in [5.74, 6) is 0.534. The van der Waals surface area contributed by atoms with Crippen molar-refractivity contribution in [2.75, 3.05) is 12.4 Å². The van der Waals surface area contributed by atoms with Gasteiger partial charge in [0, 0.05) is 6.07 Å². The standard InChI is InChI=1S/C13H10ClN3O/c1-18-13-6-5-9(8-16-13)17-12-4-2-3-11(14)10(12)7-15/h2-6,8,17H,1H3. The predicted molar refractivity (Wildman–Crippen MR) is 70.2 cm³/mol. The maximum Gasteiger partial charge on any atom is 0.213 e. The van der Waals surface area contributed by atoms with E-state index in [4.69, 9.17) is 21.6 Å². The third-order valence-corrected chi connectivity index (χ3v) is 2.66. The van der Waals surface area contributed by atoms with Crippen molar-refractivity contribution in [3.8, 4) is 11.9 Å². The Morgan fingerprint density at radius 1 is 1.33 bits per heavy atom. The summed E-state index contributed by atoms with van der Waals surface area (Å²) in [5.41, 5.74) is 1.82. The molecular formula is C13H10ClN3O. The average Bonchev–Trinajstić information content (AvgIpc) is 2.40. The Balaban J connectivity index is 2.28. The normalized spacial score (nSPS) is 9.61. The summed E-state index contributed by atoms with van der Waals surface area (Å²) in [6, 6.07) is 10.9. The first-order chi connectivity index (χ1) is 8.74. The molecule has 0 bridgehead atoms. The molecular weight excluding hydrogens is 250 g/mol. The second kappa shape index (κ2) is 5.39. The highest BCUT2D eigenvalue weighted by atomic mass is 35.5. The van der Waals surface area contributed by atoms with Crippen molar-refractivity contribution in [1.29, 1.82) is 5.26 Å². The molecule has 0 aliphatic rings. The van der Waals surface area contributed by atoms with Crippen molar-refractivity contribution >= 4 is 23.0 Å². The molecule has 0 spiro atoms. The molecule has 1 heterocycles. The first-order valence-corrected chi connectivity index (χ1v) is 5.58. The van der Waals surface area contributed by atoms with E-state index in [9.17, 15) is 0 Å². The first-order valence-electron chi connectivity index (χ1n) is 5.20. The van der Waals surface area contributed by atoms with Gasteiger partial charge in [-0.05, 0) is 18.2 Å². The van der Waals surface area contributed by atoms with Gasteiger partial charge in [0.25, 0.3) is 0 Å². The average molecular weight is 260 g/mol. The maximum atomic E-state index is 9.05. The van der Waals surface area contributed by atoms with E-state index >= 15 is 0 Å². The van der Waals surface area contributed by atoms with Crippen LogP contribution in [0.1, 0.15) is 5.56 Å². The molecule has 0 unspecified atom stereocenters. The number of anilines is 2. The quantitative estimate of drug-likeness (QED) is 0.918. The number of nitriles is 1. The second-order valence-corrected chi connectivity index (χ2v) is 3.90. The number of benzene rings is 1. The van der Waals surface area contributed by atoms with E-state index in [0.29, 0.717) is 22.2 Å². The highest BCUT2D eigenvalue weighted by molar-refractivity contribution is 6.32. The topological polar surface area (TPSA) is 57.9 Å². The molecule has 90 valence electrons. The van der Waals surface area contributed by atoms with Crippen molar-refractivity contribution in [2.24, 2.45) is 0 Å². The van der Waals surface area contributed by atoms with E-state index in [1.807, 2.05) is 6.07 Å². The van der Waals surface area contributed by atoms with Crippen molar-refractivity contribution in [1.82, 2.24) is 4.98 Å². The summed E-state index contributed by atoms with van der Waals surface area (Å²) in [5, 5.41) is 12.6. The molecule has 2 aromatic rings. The zero-order valence-corrected chi connectivity index (χ0v) is 10.4. The van der Waals surface area contributed by atoms with Crippen molar-refractivity contribution in [2.45, 2.75) is 0 Å². The minimum absolute atomic E-state index is 0.412. The van der Waals surface area contributed by atoms with Gasteiger partial charge in [-0.15, -0.1) is 0 Å². The number of halogens is 1. The number of pyridine rings is 1. The summed E-state index contributed by atoms with van der Waals surface area (Å²) in [6.07, 6.45) is 1.63. The van der Waals surface area contributed by atoms with Gasteiger partial charge in [-0.3, -0.25) is 0 Å². The Bertz CT molecular complexity index is 590. The molecule has 0 atom stereocenters. The molecule has 0 radical (unpaired) electrons. The van der Waals surface area contributed by atoms with E-state index in [-0.39, 0.29) is 0 Å². The lowest BCUT2D eigenvalue weighted by Gasteiger charge is -2.09. The number of nitrogens with one attached hydrogen (secondary N) is 1. The molecule has 18 heavy (non-hydrogen) atoms. The van der Waals surface area contributed by atoms with Gasteiger partial charge in [-0.25, -0.2) is 4.98 Å². The fourth-order valence-corrected chi connectivity index (χ4v) is 1.69. The Hall–Kier alpha value is -2.25. The fraction of sp³-hybridized carbons (Fsp3) is 0.0769. The van der Waals surface area contributed by atoms with Crippen molar-refractivity contribution in [3.63, 3.8) is 0 Å². The molecule has 2 rings (SSSR count). The lowest BCUT2D eigenvalue weighted by atomic mass is 10.2. The number of hydrogen-bond acceptors (Lipinski definition) is 4. The van der Waals surface area contributed by atoms with Crippen molar-refractivity contribution < 1.29 is 4.74 Å². The number of rotatable bonds is 3. The predicted octanol–water partition coefficient (Wildman–Crippen LogP) is 3.36. The number of nitrogens with zero attached hydrogens (tertiary/aromatic N) is 2. The van der Waals surface area contributed by atoms with Gasteiger partial charge in [0.05, 0.1) is 35.3 Å². The molecule has 0 fully saturated rings. The van der Waals surface area contributed by atoms with Crippen molar-refractivity contribution in [3.05, 3.63) is 47.1 Å². The van der Waals surface area contributed by atoms with Crippen LogP contribution in [0.2, 0.25) is 5.02 Å². The van der Waals surface area contributed by atoms with Crippen LogP contribution in [0.4, 0.5) is 11.4 Å². The van der Waals surface area contributed by atoms with Crippen LogP contribution in [-0.4, -0.2) is 12.1 Å². The van der Waals surface area contributed by atoms with Gasteiger partial charge in [0.15, 0.2) is 0 Å². The van der Waals surface area contributed by atoms with Gasteiger partial charge in [0.1, 0.15) is 6.07 Å². The minimum Gasteiger partial charge on any atom is -0.481 e. The van der Waals surface area contributed by atoms with Gasteiger partial charge in [0.2, 0.25) is 5.88 Å². The molecule has 1 N–H and O–H groups in total. The van der Waals surface area contributed by atoms with Crippen LogP contribution in [0, 0.1) is 11.3 Å². The number of methoxy groups -OCH3 is 1. The van der Waals surface area contributed by atoms with Gasteiger partial charge >= 0.3 is 0 Å². The van der Waals surface area contributed by atoms with Crippen LogP contribution >= 0.6 is 11.6 Å². The van der Waals surface area contributed by atoms with Gasteiger partial charge in [-0.2, -0.15) is 5.26 Å². The minimum atomic E-state index is 0.412.